The van der Waals surface area contributed by atoms with E-state index in [4.69, 9.17) is 0 Å². The minimum Gasteiger partial charge on any atom is -0.293 e. The maximum absolute atomic E-state index is 13.1. The van der Waals surface area contributed by atoms with Crippen LogP contribution >= 0.6 is 0 Å². The van der Waals surface area contributed by atoms with E-state index < -0.39 is 11.9 Å². The smallest absolute Gasteiger partial charge is 0.266 e. The molecule has 1 fully saturated rings. The Morgan fingerprint density at radius 1 is 0.962 bits per heavy atom. The van der Waals surface area contributed by atoms with Crippen molar-refractivity contribution in [2.45, 2.75) is 19.9 Å². The minimum atomic E-state index is -0.856. The third-order valence-electron chi connectivity index (χ3n) is 4.60. The van der Waals surface area contributed by atoms with E-state index in [2.05, 4.69) is 5.43 Å². The van der Waals surface area contributed by atoms with Crippen molar-refractivity contribution in [2.75, 3.05) is 9.91 Å². The average Bonchev–Trinajstić information content (AvgIpc) is 3.15. The third-order valence-corrected chi connectivity index (χ3v) is 4.60. The van der Waals surface area contributed by atoms with Gasteiger partial charge in [-0.3, -0.25) is 24.8 Å². The highest BCUT2D eigenvalue weighted by atomic mass is 16.2. The van der Waals surface area contributed by atoms with Crippen LogP contribution in [0.4, 0.5) is 11.4 Å². The first-order valence-electron chi connectivity index (χ1n) is 8.30. The summed E-state index contributed by atoms with van der Waals surface area (Å²) < 4.78 is 0. The van der Waals surface area contributed by atoms with Gasteiger partial charge in [0.05, 0.1) is 16.9 Å². The molecule has 6 heteroatoms. The Bertz CT molecular complexity index is 948. The van der Waals surface area contributed by atoms with Crippen LogP contribution in [0.25, 0.3) is 0 Å². The summed E-state index contributed by atoms with van der Waals surface area (Å²) in [7, 11) is 0. The molecule has 0 bridgehead atoms. The van der Waals surface area contributed by atoms with Gasteiger partial charge in [0.1, 0.15) is 5.70 Å². The van der Waals surface area contributed by atoms with Crippen LogP contribution in [0.3, 0.4) is 0 Å². The molecule has 1 unspecified atom stereocenters. The lowest BCUT2D eigenvalue weighted by molar-refractivity contribution is -0.121. The number of rotatable bonds is 3. The van der Waals surface area contributed by atoms with Gasteiger partial charge >= 0.3 is 0 Å². The predicted octanol–water partition coefficient (Wildman–Crippen LogP) is 2.10. The number of anilines is 2. The number of carbonyl (C=O) groups is 3. The summed E-state index contributed by atoms with van der Waals surface area (Å²) in [6.07, 6.45) is 0. The van der Waals surface area contributed by atoms with E-state index in [0.717, 1.165) is 10.5 Å². The molecule has 0 radical (unpaired) electrons. The summed E-state index contributed by atoms with van der Waals surface area (Å²) in [5, 5.41) is 1.58. The van der Waals surface area contributed by atoms with Gasteiger partial charge in [0, 0.05) is 6.92 Å². The molecule has 0 aromatic heterocycles. The van der Waals surface area contributed by atoms with Crippen LogP contribution in [0, 0.1) is 6.92 Å². The molecule has 2 aliphatic rings. The predicted molar refractivity (Wildman–Crippen MR) is 97.2 cm³/mol. The number of amides is 2. The summed E-state index contributed by atoms with van der Waals surface area (Å²) >= 11 is 0. The first-order valence-corrected chi connectivity index (χ1v) is 8.30. The fourth-order valence-electron chi connectivity index (χ4n) is 3.32. The van der Waals surface area contributed by atoms with Crippen LogP contribution in [0.5, 0.6) is 0 Å². The van der Waals surface area contributed by atoms with Crippen molar-refractivity contribution in [1.29, 1.82) is 0 Å². The Hall–Kier alpha value is -3.41. The third kappa shape index (κ3) is 2.30. The van der Waals surface area contributed by atoms with Crippen LogP contribution in [0.2, 0.25) is 0 Å². The number of hydrogen-bond donors (Lipinski definition) is 1. The van der Waals surface area contributed by atoms with Gasteiger partial charge in [-0.1, -0.05) is 35.9 Å². The number of aryl methyl sites for hydroxylation is 1. The molecule has 130 valence electrons. The van der Waals surface area contributed by atoms with Crippen LogP contribution in [0.1, 0.15) is 12.5 Å². The van der Waals surface area contributed by atoms with Crippen molar-refractivity contribution in [3.63, 3.8) is 0 Å². The lowest BCUT2D eigenvalue weighted by Crippen LogP contribution is -2.46. The molecule has 6 nitrogen and oxygen atoms in total. The number of ketones is 1. The van der Waals surface area contributed by atoms with Crippen LogP contribution in [0.15, 0.2) is 65.9 Å². The zero-order valence-corrected chi connectivity index (χ0v) is 14.4. The van der Waals surface area contributed by atoms with E-state index in [0.29, 0.717) is 11.4 Å². The SMILES string of the molecule is CC(=O)C1=C2C(=O)N(c3ccc(C)cc3)C(=O)C2N(c2ccccc2)N1. The second kappa shape index (κ2) is 5.84. The van der Waals surface area contributed by atoms with Crippen molar-refractivity contribution < 1.29 is 14.4 Å². The highest BCUT2D eigenvalue weighted by Gasteiger charge is 2.53. The number of imide groups is 1. The molecule has 1 atom stereocenters. The number of carbonyl (C=O) groups excluding carboxylic acids is 3. The Kier molecular flexibility index (Phi) is 3.61. The van der Waals surface area contributed by atoms with Gasteiger partial charge in [-0.05, 0) is 31.2 Å². The molecule has 2 aromatic rings. The number of para-hydroxylation sites is 1. The van der Waals surface area contributed by atoms with Gasteiger partial charge in [-0.2, -0.15) is 0 Å². The lowest BCUT2D eigenvalue weighted by Gasteiger charge is -2.26. The molecule has 2 heterocycles. The molecule has 2 aromatic carbocycles. The summed E-state index contributed by atoms with van der Waals surface area (Å²) in [6, 6.07) is 15.5. The normalized spacial score (nSPS) is 19.1. The van der Waals surface area contributed by atoms with Crippen molar-refractivity contribution in [3.8, 4) is 0 Å². The quantitative estimate of drug-likeness (QED) is 0.861. The highest BCUT2D eigenvalue weighted by molar-refractivity contribution is 6.34. The second-order valence-corrected chi connectivity index (χ2v) is 6.38. The van der Waals surface area contributed by atoms with Gasteiger partial charge < -0.3 is 0 Å². The molecule has 2 amide bonds. The molecule has 0 aliphatic carbocycles. The summed E-state index contributed by atoms with van der Waals surface area (Å²) in [6.45, 7) is 3.32. The zero-order valence-electron chi connectivity index (χ0n) is 14.4. The molecule has 4 rings (SSSR count). The Morgan fingerprint density at radius 3 is 2.23 bits per heavy atom. The number of nitrogens with zero attached hydrogens (tertiary/aromatic N) is 2. The van der Waals surface area contributed by atoms with E-state index in [1.807, 2.05) is 49.4 Å². The summed E-state index contributed by atoms with van der Waals surface area (Å²) in [4.78, 5) is 39.3. The molecule has 0 spiro atoms. The van der Waals surface area contributed by atoms with E-state index in [1.165, 1.54) is 6.92 Å². The van der Waals surface area contributed by atoms with Crippen LogP contribution in [-0.4, -0.2) is 23.6 Å². The number of nitrogens with one attached hydrogen (secondary N) is 1. The van der Waals surface area contributed by atoms with Gasteiger partial charge in [0.25, 0.3) is 11.8 Å². The number of allylic oxidation sites excluding steroid dienone is 1. The van der Waals surface area contributed by atoms with Crippen molar-refractivity contribution >= 4 is 29.0 Å². The second-order valence-electron chi connectivity index (χ2n) is 6.38. The standard InChI is InChI=1S/C20H17N3O3/c1-12-8-10-14(11-9-12)22-19(25)16-17(13(2)24)21-23(18(16)20(22)26)15-6-4-3-5-7-15/h3-11,18,21H,1-2H3. The first-order chi connectivity index (χ1) is 12.5. The summed E-state index contributed by atoms with van der Waals surface area (Å²) in [5.41, 5.74) is 5.56. The van der Waals surface area contributed by atoms with E-state index in [1.54, 1.807) is 17.1 Å². The zero-order chi connectivity index (χ0) is 18.4. The van der Waals surface area contributed by atoms with E-state index in [-0.39, 0.29) is 23.0 Å². The molecule has 26 heavy (non-hydrogen) atoms. The maximum Gasteiger partial charge on any atom is 0.266 e. The highest BCUT2D eigenvalue weighted by Crippen LogP contribution is 2.36. The largest absolute Gasteiger partial charge is 0.293 e. The van der Waals surface area contributed by atoms with Crippen molar-refractivity contribution in [2.24, 2.45) is 0 Å². The fraction of sp³-hybridized carbons (Fsp3) is 0.150. The number of hydrogen-bond acceptors (Lipinski definition) is 5. The summed E-state index contributed by atoms with van der Waals surface area (Å²) in [5.74, 6) is -1.11. The molecule has 2 aliphatic heterocycles. The average molecular weight is 347 g/mol. The van der Waals surface area contributed by atoms with E-state index >= 15 is 0 Å². The van der Waals surface area contributed by atoms with Gasteiger partial charge in [-0.25, -0.2) is 4.90 Å². The van der Waals surface area contributed by atoms with Gasteiger partial charge in [0.2, 0.25) is 0 Å². The number of fused-ring (bicyclic) bond motifs is 1. The van der Waals surface area contributed by atoms with Gasteiger partial charge in [-0.15, -0.1) is 0 Å². The minimum absolute atomic E-state index is 0.173. The molecule has 0 saturated carbocycles. The number of benzene rings is 2. The monoisotopic (exact) mass is 347 g/mol. The molecule has 1 N–H and O–H groups in total. The van der Waals surface area contributed by atoms with Crippen molar-refractivity contribution in [3.05, 3.63) is 71.4 Å². The fourth-order valence-corrected chi connectivity index (χ4v) is 3.32. The lowest BCUT2D eigenvalue weighted by atomic mass is 10.1. The van der Waals surface area contributed by atoms with Gasteiger partial charge in [0.15, 0.2) is 11.8 Å². The Morgan fingerprint density at radius 2 is 1.62 bits per heavy atom. The van der Waals surface area contributed by atoms with Crippen molar-refractivity contribution in [1.82, 2.24) is 5.43 Å². The molecule has 1 saturated heterocycles. The van der Waals surface area contributed by atoms with E-state index in [9.17, 15) is 14.4 Å². The molecular formula is C20H17N3O3. The topological polar surface area (TPSA) is 69.7 Å². The van der Waals surface area contributed by atoms with Crippen LogP contribution in [-0.2, 0) is 14.4 Å². The Balaban J connectivity index is 1.82. The first kappa shape index (κ1) is 16.1. The molecular weight excluding hydrogens is 330 g/mol. The number of Topliss-reactive ketones (excluding diaryl/α,β-unsaturated/α-hetero) is 1. The van der Waals surface area contributed by atoms with Crippen LogP contribution < -0.4 is 15.3 Å². The Labute approximate surface area is 150 Å². The number of hydrazine groups is 1. The maximum atomic E-state index is 13.1.